The van der Waals surface area contributed by atoms with Gasteiger partial charge in [-0.05, 0) is 48.7 Å². The molecule has 2 nitrogen and oxygen atoms in total. The van der Waals surface area contributed by atoms with Crippen LogP contribution in [-0.2, 0) is 6.61 Å². The first-order valence-corrected chi connectivity index (χ1v) is 6.58. The lowest BCUT2D eigenvalue weighted by atomic mass is 10.1. The molecule has 0 heterocycles. The van der Waals surface area contributed by atoms with Crippen LogP contribution in [0.5, 0.6) is 5.75 Å². The van der Waals surface area contributed by atoms with E-state index in [4.69, 9.17) is 9.84 Å². The topological polar surface area (TPSA) is 29.5 Å². The minimum Gasteiger partial charge on any atom is -0.489 e. The predicted octanol–water partition coefficient (Wildman–Crippen LogP) is 3.23. The van der Waals surface area contributed by atoms with Crippen molar-refractivity contribution in [1.82, 2.24) is 0 Å². The third kappa shape index (κ3) is 3.63. The van der Waals surface area contributed by atoms with Gasteiger partial charge in [0.2, 0.25) is 0 Å². The van der Waals surface area contributed by atoms with Gasteiger partial charge in [0.05, 0.1) is 0 Å². The van der Waals surface area contributed by atoms with Crippen molar-refractivity contribution in [1.29, 1.82) is 0 Å². The monoisotopic (exact) mass is 266 g/mol. The van der Waals surface area contributed by atoms with Crippen LogP contribution in [0.4, 0.5) is 0 Å². The van der Waals surface area contributed by atoms with Crippen LogP contribution in [0.3, 0.4) is 0 Å². The highest BCUT2D eigenvalue weighted by Crippen LogP contribution is 2.21. The normalized spacial score (nSPS) is 9.75. The molecule has 0 aliphatic rings. The molecule has 20 heavy (non-hydrogen) atoms. The number of aliphatic hydroxyl groups is 1. The summed E-state index contributed by atoms with van der Waals surface area (Å²) >= 11 is 0. The minimum atomic E-state index is -0.114. The largest absolute Gasteiger partial charge is 0.489 e. The third-order valence-electron chi connectivity index (χ3n) is 3.21. The van der Waals surface area contributed by atoms with Crippen molar-refractivity contribution in [3.05, 3.63) is 64.7 Å². The molecule has 0 aliphatic heterocycles. The van der Waals surface area contributed by atoms with Gasteiger partial charge in [0.1, 0.15) is 19.0 Å². The molecule has 1 N–H and O–H groups in total. The molecule has 0 aromatic heterocycles. The first kappa shape index (κ1) is 14.2. The van der Waals surface area contributed by atoms with Crippen molar-refractivity contribution < 1.29 is 9.84 Å². The van der Waals surface area contributed by atoms with Crippen LogP contribution >= 0.6 is 0 Å². The summed E-state index contributed by atoms with van der Waals surface area (Å²) in [5, 5.41) is 8.65. The van der Waals surface area contributed by atoms with Gasteiger partial charge in [0.25, 0.3) is 0 Å². The maximum atomic E-state index is 8.65. The van der Waals surface area contributed by atoms with Crippen molar-refractivity contribution in [3.63, 3.8) is 0 Å². The number of benzene rings is 2. The number of ether oxygens (including phenoxy) is 1. The smallest absolute Gasteiger partial charge is 0.122 e. The molecule has 2 rings (SSSR count). The average molecular weight is 266 g/mol. The van der Waals surface area contributed by atoms with Crippen LogP contribution < -0.4 is 4.74 Å². The summed E-state index contributed by atoms with van der Waals surface area (Å²) < 4.78 is 5.85. The molecular weight excluding hydrogens is 248 g/mol. The number of rotatable bonds is 3. The Kier molecular flexibility index (Phi) is 4.81. The lowest BCUT2D eigenvalue weighted by Crippen LogP contribution is -1.98. The maximum Gasteiger partial charge on any atom is 0.122 e. The number of hydrogen-bond acceptors (Lipinski definition) is 2. The molecule has 0 radical (unpaired) electrons. The molecular formula is C18H18O2. The molecule has 0 saturated carbocycles. The molecule has 2 heteroatoms. The highest BCUT2D eigenvalue weighted by molar-refractivity contribution is 5.39. The Morgan fingerprint density at radius 1 is 1.05 bits per heavy atom. The van der Waals surface area contributed by atoms with E-state index in [0.717, 1.165) is 16.9 Å². The molecule has 2 aromatic rings. The Hall–Kier alpha value is -2.24. The predicted molar refractivity (Wildman–Crippen MR) is 80.7 cm³/mol. The summed E-state index contributed by atoms with van der Waals surface area (Å²) in [6, 6.07) is 13.9. The van der Waals surface area contributed by atoms with E-state index in [1.807, 2.05) is 36.4 Å². The summed E-state index contributed by atoms with van der Waals surface area (Å²) in [4.78, 5) is 0. The van der Waals surface area contributed by atoms with Gasteiger partial charge in [0.15, 0.2) is 0 Å². The van der Waals surface area contributed by atoms with Gasteiger partial charge in [-0.1, -0.05) is 36.1 Å². The van der Waals surface area contributed by atoms with Gasteiger partial charge in [0, 0.05) is 5.56 Å². The van der Waals surface area contributed by atoms with Gasteiger partial charge in [-0.25, -0.2) is 0 Å². The number of aliphatic hydroxyl groups excluding tert-OH is 1. The van der Waals surface area contributed by atoms with E-state index < -0.39 is 0 Å². The van der Waals surface area contributed by atoms with Crippen molar-refractivity contribution in [2.45, 2.75) is 20.5 Å². The van der Waals surface area contributed by atoms with Crippen LogP contribution in [0.1, 0.15) is 22.3 Å². The third-order valence-corrected chi connectivity index (χ3v) is 3.21. The summed E-state index contributed by atoms with van der Waals surface area (Å²) in [5.74, 6) is 6.43. The zero-order valence-corrected chi connectivity index (χ0v) is 11.8. The van der Waals surface area contributed by atoms with Crippen LogP contribution in [0, 0.1) is 25.7 Å². The first-order valence-electron chi connectivity index (χ1n) is 6.58. The standard InChI is InChI=1S/C18H18O2/c1-14-5-3-7-18(15(14)2)20-13-17-10-8-16(9-11-17)6-4-12-19/h3,5,7-11,19H,12-13H2,1-2H3. The van der Waals surface area contributed by atoms with Crippen LogP contribution in [0.2, 0.25) is 0 Å². The minimum absolute atomic E-state index is 0.114. The van der Waals surface area contributed by atoms with Gasteiger partial charge >= 0.3 is 0 Å². The zero-order valence-electron chi connectivity index (χ0n) is 11.8. The Labute approximate surface area is 120 Å². The van der Waals surface area contributed by atoms with Crippen molar-refractivity contribution in [3.8, 4) is 17.6 Å². The van der Waals surface area contributed by atoms with Crippen LogP contribution in [0.25, 0.3) is 0 Å². The SMILES string of the molecule is Cc1cccc(OCc2ccc(C#CCO)cc2)c1C. The van der Waals surface area contributed by atoms with Crippen molar-refractivity contribution >= 4 is 0 Å². The van der Waals surface area contributed by atoms with E-state index in [-0.39, 0.29) is 6.61 Å². The lowest BCUT2D eigenvalue weighted by Gasteiger charge is -2.10. The molecule has 0 spiro atoms. The molecule has 0 bridgehead atoms. The Bertz CT molecular complexity index is 631. The fraction of sp³-hybridized carbons (Fsp3) is 0.222. The fourth-order valence-corrected chi connectivity index (χ4v) is 1.87. The highest BCUT2D eigenvalue weighted by Gasteiger charge is 2.02. The first-order chi connectivity index (χ1) is 9.70. The van der Waals surface area contributed by atoms with Gasteiger partial charge in [-0.2, -0.15) is 0 Å². The molecule has 0 fully saturated rings. The molecule has 0 saturated heterocycles. The molecule has 0 atom stereocenters. The Morgan fingerprint density at radius 3 is 2.50 bits per heavy atom. The van der Waals surface area contributed by atoms with E-state index in [1.54, 1.807) is 0 Å². The second kappa shape index (κ2) is 6.79. The second-order valence-electron chi connectivity index (χ2n) is 4.64. The number of aryl methyl sites for hydroxylation is 1. The summed E-state index contributed by atoms with van der Waals surface area (Å²) in [6.45, 7) is 4.57. The Balaban J connectivity index is 2.02. The van der Waals surface area contributed by atoms with Crippen LogP contribution in [0.15, 0.2) is 42.5 Å². The molecule has 0 aliphatic carbocycles. The van der Waals surface area contributed by atoms with E-state index in [2.05, 4.69) is 31.8 Å². The van der Waals surface area contributed by atoms with Crippen molar-refractivity contribution in [2.24, 2.45) is 0 Å². The quantitative estimate of drug-likeness (QED) is 0.864. The number of hydrogen-bond donors (Lipinski definition) is 1. The molecule has 2 aromatic carbocycles. The van der Waals surface area contributed by atoms with E-state index in [1.165, 1.54) is 11.1 Å². The van der Waals surface area contributed by atoms with Gasteiger partial charge < -0.3 is 9.84 Å². The fourth-order valence-electron chi connectivity index (χ4n) is 1.87. The molecule has 102 valence electrons. The van der Waals surface area contributed by atoms with E-state index >= 15 is 0 Å². The van der Waals surface area contributed by atoms with Crippen molar-refractivity contribution in [2.75, 3.05) is 6.61 Å². The molecule has 0 amide bonds. The zero-order chi connectivity index (χ0) is 14.4. The second-order valence-corrected chi connectivity index (χ2v) is 4.64. The average Bonchev–Trinajstić information content (AvgIpc) is 2.48. The summed E-state index contributed by atoms with van der Waals surface area (Å²) in [7, 11) is 0. The Morgan fingerprint density at radius 2 is 1.80 bits per heavy atom. The van der Waals surface area contributed by atoms with Gasteiger partial charge in [-0.15, -0.1) is 0 Å². The van der Waals surface area contributed by atoms with E-state index in [0.29, 0.717) is 6.61 Å². The molecule has 0 unspecified atom stereocenters. The van der Waals surface area contributed by atoms with Gasteiger partial charge in [-0.3, -0.25) is 0 Å². The summed E-state index contributed by atoms with van der Waals surface area (Å²) in [6.07, 6.45) is 0. The summed E-state index contributed by atoms with van der Waals surface area (Å²) in [5.41, 5.74) is 4.41. The highest BCUT2D eigenvalue weighted by atomic mass is 16.5. The van der Waals surface area contributed by atoms with E-state index in [9.17, 15) is 0 Å². The van der Waals surface area contributed by atoms with Crippen LogP contribution in [-0.4, -0.2) is 11.7 Å². The maximum absolute atomic E-state index is 8.65. The lowest BCUT2D eigenvalue weighted by molar-refractivity contribution is 0.304.